The van der Waals surface area contributed by atoms with Gasteiger partial charge in [-0.3, -0.25) is 14.9 Å². The van der Waals surface area contributed by atoms with E-state index in [9.17, 15) is 14.0 Å². The molecule has 0 aliphatic carbocycles. The van der Waals surface area contributed by atoms with E-state index in [1.807, 2.05) is 6.07 Å². The van der Waals surface area contributed by atoms with Crippen molar-refractivity contribution < 1.29 is 14.0 Å². The highest BCUT2D eigenvalue weighted by Crippen LogP contribution is 2.26. The number of aromatic nitrogens is 2. The van der Waals surface area contributed by atoms with Gasteiger partial charge in [0.1, 0.15) is 5.82 Å². The van der Waals surface area contributed by atoms with Crippen LogP contribution in [0, 0.1) is 5.82 Å². The Hall–Kier alpha value is -2.78. The first-order valence-electron chi connectivity index (χ1n) is 7.48. The summed E-state index contributed by atoms with van der Waals surface area (Å²) in [7, 11) is 0. The number of hydrogen-bond acceptors (Lipinski definition) is 6. The van der Waals surface area contributed by atoms with Crippen LogP contribution in [0.25, 0.3) is 0 Å². The monoisotopic (exact) mass is 388 g/mol. The molecule has 0 aliphatic heterocycles. The zero-order valence-corrected chi connectivity index (χ0v) is 14.9. The molecule has 3 rings (SSSR count). The van der Waals surface area contributed by atoms with E-state index in [4.69, 9.17) is 0 Å². The summed E-state index contributed by atoms with van der Waals surface area (Å²) in [5, 5.41) is 13.4. The second kappa shape index (κ2) is 8.54. The highest BCUT2D eigenvalue weighted by molar-refractivity contribution is 8.01. The van der Waals surface area contributed by atoms with E-state index in [1.165, 1.54) is 41.3 Å². The maximum atomic E-state index is 13.1. The first-order valence-corrected chi connectivity index (χ1v) is 9.28. The van der Waals surface area contributed by atoms with Crippen molar-refractivity contribution in [3.63, 3.8) is 0 Å². The molecule has 0 atom stereocenters. The molecule has 0 fully saturated rings. The highest BCUT2D eigenvalue weighted by Gasteiger charge is 2.12. The lowest BCUT2D eigenvalue weighted by molar-refractivity contribution is -0.113. The molecule has 0 unspecified atom stereocenters. The van der Waals surface area contributed by atoms with Gasteiger partial charge in [-0.2, -0.15) is 0 Å². The minimum absolute atomic E-state index is 0.0950. The molecule has 1 aromatic heterocycles. The molecule has 3 aromatic rings. The van der Waals surface area contributed by atoms with E-state index in [2.05, 4.69) is 20.8 Å². The van der Waals surface area contributed by atoms with Gasteiger partial charge < -0.3 is 5.32 Å². The van der Waals surface area contributed by atoms with Crippen LogP contribution in [0.3, 0.4) is 0 Å². The average Bonchev–Trinajstić information content (AvgIpc) is 3.08. The van der Waals surface area contributed by atoms with E-state index >= 15 is 0 Å². The number of nitrogens with zero attached hydrogens (tertiary/aromatic N) is 2. The molecule has 2 aromatic carbocycles. The number of amides is 2. The minimum atomic E-state index is -0.418. The van der Waals surface area contributed by atoms with Gasteiger partial charge in [-0.05, 0) is 30.3 Å². The van der Waals surface area contributed by atoms with Crippen LogP contribution in [0.15, 0.2) is 58.9 Å². The molecule has 0 bridgehead atoms. The molecular weight excluding hydrogens is 375 g/mol. The van der Waals surface area contributed by atoms with Crippen molar-refractivity contribution in [1.82, 2.24) is 10.2 Å². The number of rotatable bonds is 6. The van der Waals surface area contributed by atoms with Crippen LogP contribution in [0.4, 0.5) is 15.2 Å². The van der Waals surface area contributed by atoms with Gasteiger partial charge in [-0.15, -0.1) is 10.2 Å². The van der Waals surface area contributed by atoms with Gasteiger partial charge in [-0.25, -0.2) is 4.39 Å². The normalized spacial score (nSPS) is 10.3. The lowest BCUT2D eigenvalue weighted by atomic mass is 10.2. The van der Waals surface area contributed by atoms with Gasteiger partial charge >= 0.3 is 0 Å². The summed E-state index contributed by atoms with van der Waals surface area (Å²) < 4.78 is 13.6. The summed E-state index contributed by atoms with van der Waals surface area (Å²) in [5.74, 6) is -0.885. The minimum Gasteiger partial charge on any atom is -0.325 e. The predicted molar refractivity (Wildman–Crippen MR) is 100 cm³/mol. The Morgan fingerprint density at radius 2 is 1.85 bits per heavy atom. The number of benzene rings is 2. The van der Waals surface area contributed by atoms with Gasteiger partial charge in [0.15, 0.2) is 4.34 Å². The number of hydrogen-bond donors (Lipinski definition) is 2. The van der Waals surface area contributed by atoms with Crippen LogP contribution in [-0.2, 0) is 4.79 Å². The van der Waals surface area contributed by atoms with E-state index in [1.54, 1.807) is 30.3 Å². The summed E-state index contributed by atoms with van der Waals surface area (Å²) in [6.45, 7) is 0. The third-order valence-corrected chi connectivity index (χ3v) is 5.07. The molecule has 1 heterocycles. The summed E-state index contributed by atoms with van der Waals surface area (Å²) in [6, 6.07) is 14.4. The van der Waals surface area contributed by atoms with Crippen molar-refractivity contribution >= 4 is 45.7 Å². The highest BCUT2D eigenvalue weighted by atomic mass is 32.2. The van der Waals surface area contributed by atoms with Crippen LogP contribution < -0.4 is 10.6 Å². The number of nitrogens with one attached hydrogen (secondary N) is 2. The lowest BCUT2D eigenvalue weighted by Crippen LogP contribution is -2.13. The molecule has 132 valence electrons. The van der Waals surface area contributed by atoms with Gasteiger partial charge in [0.25, 0.3) is 5.91 Å². The van der Waals surface area contributed by atoms with Crippen LogP contribution in [0.2, 0.25) is 0 Å². The molecule has 2 amide bonds. The molecule has 0 saturated carbocycles. The standard InChI is InChI=1S/C17H13FN4O2S2/c18-12-7-4-8-13(9-12)19-14(23)10-25-17-22-21-16(26-17)20-15(24)11-5-2-1-3-6-11/h1-9H,10H2,(H,19,23)(H,20,21,24). The van der Waals surface area contributed by atoms with Crippen molar-refractivity contribution in [2.75, 3.05) is 16.4 Å². The van der Waals surface area contributed by atoms with Crippen molar-refractivity contribution in [1.29, 1.82) is 0 Å². The number of anilines is 2. The van der Waals surface area contributed by atoms with Gasteiger partial charge in [-0.1, -0.05) is 47.4 Å². The molecular formula is C17H13FN4O2S2. The maximum Gasteiger partial charge on any atom is 0.257 e. The largest absolute Gasteiger partial charge is 0.325 e. The quantitative estimate of drug-likeness (QED) is 0.497. The number of carbonyl (C=O) groups is 2. The Morgan fingerprint density at radius 3 is 2.62 bits per heavy atom. The van der Waals surface area contributed by atoms with Crippen molar-refractivity contribution in [2.24, 2.45) is 0 Å². The summed E-state index contributed by atoms with van der Waals surface area (Å²) in [4.78, 5) is 23.9. The summed E-state index contributed by atoms with van der Waals surface area (Å²) in [6.07, 6.45) is 0. The Balaban J connectivity index is 1.50. The third-order valence-electron chi connectivity index (χ3n) is 3.10. The molecule has 6 nitrogen and oxygen atoms in total. The van der Waals surface area contributed by atoms with Crippen LogP contribution in [-0.4, -0.2) is 27.8 Å². The maximum absolute atomic E-state index is 13.1. The van der Waals surface area contributed by atoms with Crippen molar-refractivity contribution in [3.8, 4) is 0 Å². The zero-order valence-electron chi connectivity index (χ0n) is 13.3. The zero-order chi connectivity index (χ0) is 18.4. The lowest BCUT2D eigenvalue weighted by Gasteiger charge is -2.03. The van der Waals surface area contributed by atoms with E-state index in [0.717, 1.165) is 0 Å². The van der Waals surface area contributed by atoms with Crippen molar-refractivity contribution in [2.45, 2.75) is 4.34 Å². The number of halogens is 1. The van der Waals surface area contributed by atoms with Gasteiger partial charge in [0, 0.05) is 11.3 Å². The topological polar surface area (TPSA) is 84.0 Å². The van der Waals surface area contributed by atoms with E-state index in [-0.39, 0.29) is 17.6 Å². The fraction of sp³-hybridized carbons (Fsp3) is 0.0588. The summed E-state index contributed by atoms with van der Waals surface area (Å²) in [5.41, 5.74) is 0.912. The molecule has 0 spiro atoms. The smallest absolute Gasteiger partial charge is 0.257 e. The molecule has 9 heteroatoms. The Bertz CT molecular complexity index is 918. The number of thioether (sulfide) groups is 1. The molecule has 26 heavy (non-hydrogen) atoms. The fourth-order valence-corrected chi connectivity index (χ4v) is 3.52. The average molecular weight is 388 g/mol. The Kier molecular flexibility index (Phi) is 5.92. The molecule has 0 radical (unpaired) electrons. The van der Waals surface area contributed by atoms with Crippen LogP contribution in [0.5, 0.6) is 0 Å². The second-order valence-electron chi connectivity index (χ2n) is 5.04. The fourth-order valence-electron chi connectivity index (χ4n) is 1.97. The van der Waals surface area contributed by atoms with Crippen molar-refractivity contribution in [3.05, 3.63) is 66.0 Å². The first kappa shape index (κ1) is 18.0. The van der Waals surface area contributed by atoms with E-state index in [0.29, 0.717) is 20.7 Å². The Labute approximate surface area is 156 Å². The molecule has 0 aliphatic rings. The Morgan fingerprint density at radius 1 is 1.04 bits per heavy atom. The number of carbonyl (C=O) groups excluding carboxylic acids is 2. The van der Waals surface area contributed by atoms with Gasteiger partial charge in [0.2, 0.25) is 11.0 Å². The second-order valence-corrected chi connectivity index (χ2v) is 7.24. The third kappa shape index (κ3) is 5.11. The van der Waals surface area contributed by atoms with E-state index < -0.39 is 5.82 Å². The molecule has 0 saturated heterocycles. The SMILES string of the molecule is O=C(CSc1nnc(NC(=O)c2ccccc2)s1)Nc1cccc(F)c1. The predicted octanol–water partition coefficient (Wildman–Crippen LogP) is 3.66. The van der Waals surface area contributed by atoms with Crippen LogP contribution in [0.1, 0.15) is 10.4 Å². The van der Waals surface area contributed by atoms with Crippen LogP contribution >= 0.6 is 23.1 Å². The first-order chi connectivity index (χ1) is 12.6. The summed E-state index contributed by atoms with van der Waals surface area (Å²) >= 11 is 2.36. The molecule has 2 N–H and O–H groups in total. The van der Waals surface area contributed by atoms with Gasteiger partial charge in [0.05, 0.1) is 5.75 Å².